The number of hydrogen-bond acceptors (Lipinski definition) is 16. The van der Waals surface area contributed by atoms with Crippen molar-refractivity contribution in [1.82, 2.24) is 19.9 Å². The van der Waals surface area contributed by atoms with Gasteiger partial charge in [-0.05, 0) is 97.1 Å². The van der Waals surface area contributed by atoms with E-state index in [1.165, 1.54) is 0 Å². The van der Waals surface area contributed by atoms with Crippen LogP contribution in [0.2, 0.25) is 0 Å². The van der Waals surface area contributed by atoms with Crippen molar-refractivity contribution >= 4 is 91.2 Å². The first kappa shape index (κ1) is 63.9. The molecule has 4 aromatic heterocycles. The summed E-state index contributed by atoms with van der Waals surface area (Å²) < 4.78 is 50.9. The minimum atomic E-state index is 0.249. The number of fused-ring (bicyclic) bond motifs is 12. The molecule has 4 heterocycles. The summed E-state index contributed by atoms with van der Waals surface area (Å²) >= 11 is 0. The molecule has 16 heteroatoms. The molecule has 0 fully saturated rings. The Morgan fingerprint density at radius 1 is 0.271 bits per heavy atom. The van der Waals surface area contributed by atoms with Gasteiger partial charge < -0.3 is 37.9 Å². The van der Waals surface area contributed by atoms with Crippen LogP contribution in [0.25, 0.3) is 43.6 Å². The molecule has 16 nitrogen and oxygen atoms in total. The number of nitrogens with zero attached hydrogens (tertiary/aromatic N) is 8. The molecule has 0 spiro atoms. The predicted molar refractivity (Wildman–Crippen MR) is 382 cm³/mol. The maximum atomic E-state index is 7.04. The summed E-state index contributed by atoms with van der Waals surface area (Å²) in [5.41, 5.74) is 15.6. The number of pyridine rings is 4. The van der Waals surface area contributed by atoms with Crippen LogP contribution in [-0.2, 0) is 44.6 Å². The summed E-state index contributed by atoms with van der Waals surface area (Å²) in [4.78, 5) is 40.9. The second-order valence-corrected chi connectivity index (χ2v) is 23.2. The quantitative estimate of drug-likeness (QED) is 0.0414. The lowest BCUT2D eigenvalue weighted by Crippen LogP contribution is -2.13. The molecular formula is C80H72N8O8. The van der Waals surface area contributed by atoms with Gasteiger partial charge in [0.15, 0.2) is 0 Å². The first-order valence-corrected chi connectivity index (χ1v) is 32.0. The summed E-state index contributed by atoms with van der Waals surface area (Å²) in [7, 11) is 6.68. The standard InChI is InChI=1S/C80H72N8O8/c1-89-29-33-93-77-57-37-59-43-70(82-50-66-26-22-54-14-6-10-18-74(54)86-66)45-61(78(59)94-34-30-90-2)39-63-47-72(84-52-68-28-24-56-16-8-12-20-76(56)88-68)48-64(80(63)96-36-32-92-4)40-62-46-71(83-51-67-27-23-55-15-7-11-19-75(55)87-67)44-60(79(62)95-35-31-91-3)38-58(77)42-69(41-57)81-49-65-25-21-53-13-5-9-17-73(53)85-65/h5-28,41-52H,29-40H2,1-4H3. The third-order valence-corrected chi connectivity index (χ3v) is 16.4. The lowest BCUT2D eigenvalue weighted by atomic mass is 9.90. The van der Waals surface area contributed by atoms with Gasteiger partial charge in [0.25, 0.3) is 0 Å². The molecule has 0 saturated carbocycles. The second-order valence-electron chi connectivity index (χ2n) is 23.2. The highest BCUT2D eigenvalue weighted by Gasteiger charge is 2.25. The van der Waals surface area contributed by atoms with Crippen molar-refractivity contribution in [2.75, 3.05) is 81.3 Å². The molecule has 0 radical (unpaired) electrons. The Bertz CT molecular complexity index is 4190. The Morgan fingerprint density at radius 2 is 0.479 bits per heavy atom. The first-order valence-electron chi connectivity index (χ1n) is 32.0. The van der Waals surface area contributed by atoms with E-state index >= 15 is 0 Å². The van der Waals surface area contributed by atoms with Crippen LogP contribution in [0, 0.1) is 0 Å². The van der Waals surface area contributed by atoms with Gasteiger partial charge in [0.1, 0.15) is 49.4 Å². The lowest BCUT2D eigenvalue weighted by molar-refractivity contribution is 0.144. The molecule has 0 amide bonds. The van der Waals surface area contributed by atoms with E-state index in [2.05, 4.69) is 97.1 Å². The van der Waals surface area contributed by atoms with Crippen LogP contribution >= 0.6 is 0 Å². The monoisotopic (exact) mass is 1270 g/mol. The van der Waals surface area contributed by atoms with Gasteiger partial charge in [0, 0.05) is 120 Å². The number of aromatic nitrogens is 4. The van der Waals surface area contributed by atoms with Crippen molar-refractivity contribution in [1.29, 1.82) is 0 Å². The largest absolute Gasteiger partial charge is 0.491 e. The van der Waals surface area contributed by atoms with Gasteiger partial charge in [-0.25, -0.2) is 19.9 Å². The molecule has 0 N–H and O–H groups in total. The van der Waals surface area contributed by atoms with Crippen molar-refractivity contribution in [3.63, 3.8) is 0 Å². The van der Waals surface area contributed by atoms with Crippen LogP contribution in [0.1, 0.15) is 67.3 Å². The van der Waals surface area contributed by atoms with Gasteiger partial charge in [-0.2, -0.15) is 0 Å². The van der Waals surface area contributed by atoms with E-state index in [9.17, 15) is 0 Å². The predicted octanol–water partition coefficient (Wildman–Crippen LogP) is 15.7. The lowest BCUT2D eigenvalue weighted by Gasteiger charge is -2.24. The number of aliphatic imine (C=N–C) groups is 4. The van der Waals surface area contributed by atoms with E-state index in [4.69, 9.17) is 77.8 Å². The zero-order valence-corrected chi connectivity index (χ0v) is 54.1. The zero-order chi connectivity index (χ0) is 65.4. The number of hydrogen-bond donors (Lipinski definition) is 0. The summed E-state index contributed by atoms with van der Waals surface area (Å²) in [6, 6.07) is 65.1. The molecule has 0 saturated heterocycles. The molecule has 8 bridgehead atoms. The van der Waals surface area contributed by atoms with Gasteiger partial charge in [-0.1, -0.05) is 97.1 Å². The highest BCUT2D eigenvalue weighted by atomic mass is 16.5. The van der Waals surface area contributed by atoms with E-state index < -0.39 is 0 Å². The molecule has 480 valence electrons. The molecular weight excluding hydrogens is 1200 g/mol. The maximum Gasteiger partial charge on any atom is 0.126 e. The van der Waals surface area contributed by atoms with E-state index in [-0.39, 0.29) is 26.4 Å². The molecule has 13 rings (SSSR count). The minimum Gasteiger partial charge on any atom is -0.491 e. The van der Waals surface area contributed by atoms with Gasteiger partial charge in [0.2, 0.25) is 0 Å². The fraction of sp³-hybridized carbons (Fsp3) is 0.200. The van der Waals surface area contributed by atoms with Gasteiger partial charge >= 0.3 is 0 Å². The van der Waals surface area contributed by atoms with E-state index in [0.29, 0.717) is 121 Å². The van der Waals surface area contributed by atoms with Crippen molar-refractivity contribution in [2.45, 2.75) is 25.7 Å². The SMILES string of the molecule is COCCOc1c2cc(N=Cc3ccc4ccccc4n3)cc1Cc1cc(N=Cc3ccc4ccccc4n3)cc(c1OCCOC)Cc1cc(N=Cc3ccc4ccccc4n3)cc(c1OCCOC)Cc1cc(N=Cc3ccc4ccccc4n3)cc(c1OCCOC)C2. The van der Waals surface area contributed by atoms with Crippen LogP contribution in [-0.4, -0.2) is 126 Å². The fourth-order valence-electron chi connectivity index (χ4n) is 11.9. The third kappa shape index (κ3) is 15.7. The molecule has 1 aliphatic carbocycles. The van der Waals surface area contributed by atoms with Gasteiger partial charge in [-0.15, -0.1) is 0 Å². The number of rotatable bonds is 24. The van der Waals surface area contributed by atoms with Crippen LogP contribution in [0.3, 0.4) is 0 Å². The van der Waals surface area contributed by atoms with E-state index in [1.807, 2.05) is 122 Å². The number of ether oxygens (including phenoxy) is 8. The highest BCUT2D eigenvalue weighted by molar-refractivity contribution is 5.90. The molecule has 0 atom stereocenters. The number of benzene rings is 8. The van der Waals surface area contributed by atoms with E-state index in [0.717, 1.165) is 88.1 Å². The summed E-state index contributed by atoms with van der Waals surface area (Å²) in [5, 5.41) is 4.14. The van der Waals surface area contributed by atoms with Crippen molar-refractivity contribution in [2.24, 2.45) is 20.0 Å². The van der Waals surface area contributed by atoms with Crippen molar-refractivity contribution < 1.29 is 37.9 Å². The van der Waals surface area contributed by atoms with Crippen LogP contribution in [0.5, 0.6) is 23.0 Å². The summed E-state index contributed by atoms with van der Waals surface area (Å²) in [6.45, 7) is 2.31. The normalized spacial score (nSPS) is 12.5. The van der Waals surface area contributed by atoms with Crippen LogP contribution in [0.4, 0.5) is 22.7 Å². The Morgan fingerprint density at radius 3 is 0.688 bits per heavy atom. The van der Waals surface area contributed by atoms with Crippen molar-refractivity contribution in [3.8, 4) is 23.0 Å². The van der Waals surface area contributed by atoms with Gasteiger partial charge in [-0.3, -0.25) is 20.0 Å². The second kappa shape index (κ2) is 30.9. The van der Waals surface area contributed by atoms with Crippen molar-refractivity contribution in [3.05, 3.63) is 261 Å². The molecule has 1 aliphatic rings. The average Bonchev–Trinajstić information content (AvgIpc) is 0.784. The Labute approximate surface area is 557 Å². The third-order valence-electron chi connectivity index (χ3n) is 16.4. The Kier molecular flexibility index (Phi) is 20.6. The van der Waals surface area contributed by atoms with Crippen LogP contribution in [0.15, 0.2) is 214 Å². The smallest absolute Gasteiger partial charge is 0.126 e. The molecule has 0 aliphatic heterocycles. The molecule has 8 aromatic carbocycles. The summed E-state index contributed by atoms with van der Waals surface area (Å²) in [6.07, 6.45) is 8.45. The first-order chi connectivity index (χ1) is 47.3. The average molecular weight is 1270 g/mol. The topological polar surface area (TPSA) is 175 Å². The number of methoxy groups -OCH3 is 4. The Balaban J connectivity index is 1.07. The Hall–Kier alpha value is -10.9. The van der Waals surface area contributed by atoms with Gasteiger partial charge in [0.05, 0.1) is 119 Å². The van der Waals surface area contributed by atoms with E-state index in [1.54, 1.807) is 28.4 Å². The maximum absolute atomic E-state index is 7.04. The zero-order valence-electron chi connectivity index (χ0n) is 54.1. The van der Waals surface area contributed by atoms with Crippen LogP contribution < -0.4 is 18.9 Å². The molecule has 0 unspecified atom stereocenters. The minimum absolute atomic E-state index is 0.249. The highest BCUT2D eigenvalue weighted by Crippen LogP contribution is 2.44. The summed E-state index contributed by atoms with van der Waals surface area (Å²) in [5.74, 6) is 2.62. The number of para-hydroxylation sites is 4. The molecule has 96 heavy (non-hydrogen) atoms. The molecule has 12 aromatic rings. The fourth-order valence-corrected chi connectivity index (χ4v) is 11.9.